The van der Waals surface area contributed by atoms with Gasteiger partial charge in [0.15, 0.2) is 0 Å². The van der Waals surface area contributed by atoms with Gasteiger partial charge in [0, 0.05) is 36.3 Å². The van der Waals surface area contributed by atoms with Crippen molar-refractivity contribution in [3.63, 3.8) is 0 Å². The fourth-order valence-electron chi connectivity index (χ4n) is 5.88. The van der Waals surface area contributed by atoms with E-state index in [9.17, 15) is 4.79 Å². The maximum absolute atomic E-state index is 13.5. The lowest BCUT2D eigenvalue weighted by atomic mass is 9.82. The Morgan fingerprint density at radius 1 is 1.11 bits per heavy atom. The van der Waals surface area contributed by atoms with Gasteiger partial charge in [-0.1, -0.05) is 41.8 Å². The first kappa shape index (κ1) is 23.1. The number of anilines is 2. The number of halogens is 2. The lowest BCUT2D eigenvalue weighted by molar-refractivity contribution is 0.271. The Labute approximate surface area is 224 Å². The van der Waals surface area contributed by atoms with Crippen molar-refractivity contribution in [1.29, 1.82) is 0 Å². The summed E-state index contributed by atoms with van der Waals surface area (Å²) in [6, 6.07) is 11.7. The number of nitrogens with one attached hydrogen (secondary N) is 1. The van der Waals surface area contributed by atoms with E-state index in [2.05, 4.69) is 40.4 Å². The van der Waals surface area contributed by atoms with Gasteiger partial charge < -0.3 is 10.2 Å². The summed E-state index contributed by atoms with van der Waals surface area (Å²) in [6.45, 7) is 2.07. The molecule has 2 saturated carbocycles. The molecule has 37 heavy (non-hydrogen) atoms. The second kappa shape index (κ2) is 8.51. The molecule has 1 spiro atoms. The van der Waals surface area contributed by atoms with Crippen molar-refractivity contribution in [2.75, 3.05) is 18.9 Å². The van der Waals surface area contributed by atoms with Crippen molar-refractivity contribution < 1.29 is 0 Å². The highest BCUT2D eigenvalue weighted by molar-refractivity contribution is 6.37. The number of rotatable bonds is 4. The zero-order valence-corrected chi connectivity index (χ0v) is 22.0. The van der Waals surface area contributed by atoms with Crippen molar-refractivity contribution in [3.05, 3.63) is 79.8 Å². The third kappa shape index (κ3) is 3.83. The normalized spacial score (nSPS) is 18.6. The molecule has 9 heteroatoms. The molecule has 7 nitrogen and oxygen atoms in total. The van der Waals surface area contributed by atoms with Crippen LogP contribution in [-0.4, -0.2) is 38.2 Å². The van der Waals surface area contributed by atoms with E-state index in [1.165, 1.54) is 28.7 Å². The van der Waals surface area contributed by atoms with E-state index in [1.807, 2.05) is 0 Å². The summed E-state index contributed by atoms with van der Waals surface area (Å²) in [6.07, 6.45) is 7.24. The average Bonchev–Trinajstić information content (AvgIpc) is 3.59. The molecule has 0 bridgehead atoms. The molecule has 0 unspecified atom stereocenters. The molecule has 1 N–H and O–H groups in total. The van der Waals surface area contributed by atoms with Crippen LogP contribution in [0.3, 0.4) is 0 Å². The highest BCUT2D eigenvalue weighted by atomic mass is 35.5. The van der Waals surface area contributed by atoms with Crippen molar-refractivity contribution in [1.82, 2.24) is 24.6 Å². The molecule has 0 amide bonds. The Balaban J connectivity index is 1.31. The van der Waals surface area contributed by atoms with Gasteiger partial charge in [0.2, 0.25) is 5.95 Å². The van der Waals surface area contributed by atoms with Gasteiger partial charge in [-0.05, 0) is 68.1 Å². The molecule has 188 valence electrons. The first-order valence-corrected chi connectivity index (χ1v) is 13.5. The summed E-state index contributed by atoms with van der Waals surface area (Å²) in [5.41, 5.74) is 5.52. The highest BCUT2D eigenvalue weighted by Gasteiger charge is 2.48. The first-order chi connectivity index (χ1) is 17.9. The van der Waals surface area contributed by atoms with Gasteiger partial charge in [-0.3, -0.25) is 4.79 Å². The molecular formula is C28H26Cl2N6O. The number of likely N-dealkylation sites (N-methyl/N-ethyl adjacent to an activating group) is 1. The van der Waals surface area contributed by atoms with Crippen molar-refractivity contribution in [2.24, 2.45) is 0 Å². The van der Waals surface area contributed by atoms with Gasteiger partial charge in [-0.15, -0.1) is 0 Å². The molecule has 0 radical (unpaired) electrons. The summed E-state index contributed by atoms with van der Waals surface area (Å²) in [5, 5.41) is 9.28. The SMILES string of the molecule is CN1Cc2cc(Nc3ncc4c(=O)n(-c5c(Cl)cccc5Cl)nc(C5CCC5)c4n3)ccc2C2(CC2)C1. The fourth-order valence-corrected chi connectivity index (χ4v) is 6.44. The van der Waals surface area contributed by atoms with E-state index < -0.39 is 0 Å². The largest absolute Gasteiger partial charge is 0.324 e. The fraction of sp³-hybridized carbons (Fsp3) is 0.357. The third-order valence-electron chi connectivity index (χ3n) is 8.10. The number of aromatic nitrogens is 4. The topological polar surface area (TPSA) is 75.9 Å². The Morgan fingerprint density at radius 3 is 2.59 bits per heavy atom. The summed E-state index contributed by atoms with van der Waals surface area (Å²) >= 11 is 12.9. The minimum atomic E-state index is -0.342. The molecule has 2 fully saturated rings. The zero-order chi connectivity index (χ0) is 25.3. The van der Waals surface area contributed by atoms with Crippen molar-refractivity contribution in [2.45, 2.75) is 50.0 Å². The lowest BCUT2D eigenvalue weighted by Gasteiger charge is -2.32. The third-order valence-corrected chi connectivity index (χ3v) is 8.71. The maximum atomic E-state index is 13.5. The minimum Gasteiger partial charge on any atom is -0.324 e. The van der Waals surface area contributed by atoms with Crippen LogP contribution in [0.1, 0.15) is 54.8 Å². The summed E-state index contributed by atoms with van der Waals surface area (Å²) in [4.78, 5) is 25.2. The molecule has 2 aromatic heterocycles. The molecule has 3 heterocycles. The van der Waals surface area contributed by atoms with E-state index in [4.69, 9.17) is 33.3 Å². The van der Waals surface area contributed by atoms with Crippen molar-refractivity contribution >= 4 is 45.7 Å². The van der Waals surface area contributed by atoms with Crippen LogP contribution in [0.15, 0.2) is 47.4 Å². The Bertz CT molecular complexity index is 1610. The van der Waals surface area contributed by atoms with Crippen molar-refractivity contribution in [3.8, 4) is 5.69 Å². The maximum Gasteiger partial charge on any atom is 0.282 e. The van der Waals surface area contributed by atoms with E-state index in [0.29, 0.717) is 38.0 Å². The molecule has 2 aliphatic carbocycles. The number of fused-ring (bicyclic) bond motifs is 3. The lowest BCUT2D eigenvalue weighted by Crippen LogP contribution is -2.35. The monoisotopic (exact) mass is 532 g/mol. The first-order valence-electron chi connectivity index (χ1n) is 12.8. The van der Waals surface area contributed by atoms with Crippen LogP contribution in [0.4, 0.5) is 11.6 Å². The summed E-state index contributed by atoms with van der Waals surface area (Å²) in [7, 11) is 2.19. The molecule has 0 atom stereocenters. The second-order valence-corrected chi connectivity index (χ2v) is 11.5. The zero-order valence-electron chi connectivity index (χ0n) is 20.5. The molecule has 3 aliphatic rings. The Morgan fingerprint density at radius 2 is 1.89 bits per heavy atom. The predicted octanol–water partition coefficient (Wildman–Crippen LogP) is 5.97. The number of benzene rings is 2. The van der Waals surface area contributed by atoms with Gasteiger partial charge in [0.25, 0.3) is 5.56 Å². The van der Waals surface area contributed by atoms with Crippen LogP contribution in [0.5, 0.6) is 0 Å². The minimum absolute atomic E-state index is 0.229. The van der Waals surface area contributed by atoms with Crippen LogP contribution >= 0.6 is 23.2 Å². The molecule has 1 aliphatic heterocycles. The number of hydrogen-bond donors (Lipinski definition) is 1. The quantitative estimate of drug-likeness (QED) is 0.348. The number of nitrogens with zero attached hydrogens (tertiary/aromatic N) is 5. The number of hydrogen-bond acceptors (Lipinski definition) is 6. The van der Waals surface area contributed by atoms with Gasteiger partial charge in [0.1, 0.15) is 11.2 Å². The van der Waals surface area contributed by atoms with Gasteiger partial charge in [-0.2, -0.15) is 9.78 Å². The Hall–Kier alpha value is -3.00. The van der Waals surface area contributed by atoms with E-state index in [1.54, 1.807) is 24.4 Å². The molecule has 0 saturated heterocycles. The van der Waals surface area contributed by atoms with Crippen LogP contribution in [0, 0.1) is 0 Å². The van der Waals surface area contributed by atoms with Crippen LogP contribution in [0.2, 0.25) is 10.0 Å². The van der Waals surface area contributed by atoms with Gasteiger partial charge in [-0.25, -0.2) is 9.97 Å². The van der Waals surface area contributed by atoms with Gasteiger partial charge in [0.05, 0.1) is 21.1 Å². The standard InChI is InChI=1S/C28H26Cl2N6O/c1-35-14-17-12-18(8-9-20(17)28(15-35)10-11-28)32-27-31-13-19-24(33-27)23(16-4-2-5-16)34-36(26(19)37)25-21(29)6-3-7-22(25)30/h3,6-9,12-13,16H,2,4-5,10-11,14-15H2,1H3,(H,31,32,33). The van der Waals surface area contributed by atoms with E-state index in [0.717, 1.165) is 43.7 Å². The highest BCUT2D eigenvalue weighted by Crippen LogP contribution is 2.52. The summed E-state index contributed by atoms with van der Waals surface area (Å²) in [5.74, 6) is 0.681. The summed E-state index contributed by atoms with van der Waals surface area (Å²) < 4.78 is 1.31. The number of para-hydroxylation sites is 1. The second-order valence-electron chi connectivity index (χ2n) is 10.7. The van der Waals surface area contributed by atoms with E-state index in [-0.39, 0.29) is 11.5 Å². The average molecular weight is 533 g/mol. The molecule has 2 aromatic carbocycles. The Kier molecular flexibility index (Phi) is 5.32. The van der Waals surface area contributed by atoms with Crippen LogP contribution in [-0.2, 0) is 12.0 Å². The molecule has 4 aromatic rings. The van der Waals surface area contributed by atoms with Crippen LogP contribution in [0.25, 0.3) is 16.6 Å². The molecular weight excluding hydrogens is 507 g/mol. The van der Waals surface area contributed by atoms with Gasteiger partial charge >= 0.3 is 0 Å². The smallest absolute Gasteiger partial charge is 0.282 e. The predicted molar refractivity (Wildman–Crippen MR) is 147 cm³/mol. The van der Waals surface area contributed by atoms with E-state index >= 15 is 0 Å². The molecule has 7 rings (SSSR count). The van der Waals surface area contributed by atoms with Crippen LogP contribution < -0.4 is 10.9 Å².